The van der Waals surface area contributed by atoms with E-state index in [4.69, 9.17) is 5.26 Å². The quantitative estimate of drug-likeness (QED) is 0.515. The monoisotopic (exact) mass is 192 g/mol. The third-order valence-electron chi connectivity index (χ3n) is 1.41. The minimum atomic E-state index is 0.818. The van der Waals surface area contributed by atoms with Crippen molar-refractivity contribution in [3.63, 3.8) is 0 Å². The molecule has 58 valence electrons. The summed E-state index contributed by atoms with van der Waals surface area (Å²) in [4.78, 5) is 4.26. The Labute approximate surface area is 77.9 Å². The number of hydrogen-bond donors (Lipinski definition) is 0. The van der Waals surface area contributed by atoms with Gasteiger partial charge in [0.1, 0.15) is 5.40 Å². The lowest BCUT2D eigenvalue weighted by Gasteiger charge is -1.80. The number of para-hydroxylation sites is 1. The van der Waals surface area contributed by atoms with Gasteiger partial charge in [-0.25, -0.2) is 4.98 Å². The summed E-state index contributed by atoms with van der Waals surface area (Å²) in [5.41, 5.74) is 0.972. The van der Waals surface area contributed by atoms with Crippen molar-refractivity contribution in [1.29, 1.82) is 5.26 Å². The summed E-state index contributed by atoms with van der Waals surface area (Å²) < 4.78 is 1.95. The first-order valence-electron chi connectivity index (χ1n) is 3.31. The third kappa shape index (κ3) is 1.29. The van der Waals surface area contributed by atoms with E-state index in [1.807, 2.05) is 29.7 Å². The maximum absolute atomic E-state index is 8.42. The maximum Gasteiger partial charge on any atom is 0.165 e. The van der Waals surface area contributed by atoms with Crippen molar-refractivity contribution < 1.29 is 0 Å². The maximum atomic E-state index is 8.42. The van der Waals surface area contributed by atoms with Crippen LogP contribution < -0.4 is 0 Å². The van der Waals surface area contributed by atoms with Crippen LogP contribution in [0.25, 0.3) is 10.2 Å². The summed E-state index contributed by atoms with van der Waals surface area (Å²) in [5, 5.41) is 10.4. The molecule has 2 rings (SSSR count). The molecule has 0 spiro atoms. The summed E-state index contributed by atoms with van der Waals surface area (Å²) in [6, 6.07) is 7.88. The van der Waals surface area contributed by atoms with Crippen molar-refractivity contribution in [3.05, 3.63) is 24.3 Å². The predicted octanol–water partition coefficient (Wildman–Crippen LogP) is 2.87. The second-order valence-corrected chi connectivity index (χ2v) is 4.20. The molecular weight excluding hydrogens is 188 g/mol. The van der Waals surface area contributed by atoms with E-state index < -0.39 is 0 Å². The molecule has 0 saturated heterocycles. The van der Waals surface area contributed by atoms with Crippen molar-refractivity contribution in [1.82, 2.24) is 4.98 Å². The molecule has 0 unspecified atom stereocenters. The Balaban J connectivity index is 2.56. The molecule has 12 heavy (non-hydrogen) atoms. The smallest absolute Gasteiger partial charge is 0.165 e. The fourth-order valence-electron chi connectivity index (χ4n) is 0.934. The highest BCUT2D eigenvalue weighted by molar-refractivity contribution is 8.05. The van der Waals surface area contributed by atoms with Gasteiger partial charge in [0.05, 0.1) is 10.2 Å². The molecule has 0 aliphatic rings. The highest BCUT2D eigenvalue weighted by Crippen LogP contribution is 2.28. The molecule has 0 amide bonds. The summed E-state index contributed by atoms with van der Waals surface area (Å²) >= 11 is 2.67. The number of thioether (sulfide) groups is 1. The van der Waals surface area contributed by atoms with Crippen molar-refractivity contribution in [3.8, 4) is 5.40 Å². The summed E-state index contributed by atoms with van der Waals surface area (Å²) in [6.45, 7) is 0. The second kappa shape index (κ2) is 3.13. The van der Waals surface area contributed by atoms with Gasteiger partial charge < -0.3 is 0 Å². The van der Waals surface area contributed by atoms with Gasteiger partial charge in [0.15, 0.2) is 4.34 Å². The molecule has 0 aliphatic heterocycles. The van der Waals surface area contributed by atoms with E-state index in [1.165, 1.54) is 0 Å². The van der Waals surface area contributed by atoms with Gasteiger partial charge in [-0.05, 0) is 12.1 Å². The Kier molecular flexibility index (Phi) is 1.98. The summed E-state index contributed by atoms with van der Waals surface area (Å²) in [5.74, 6) is 0. The average molecular weight is 192 g/mol. The van der Waals surface area contributed by atoms with Crippen LogP contribution in [-0.4, -0.2) is 4.98 Å². The molecule has 0 bridgehead atoms. The first-order chi connectivity index (χ1) is 5.90. The van der Waals surface area contributed by atoms with Crippen LogP contribution in [0.2, 0.25) is 0 Å². The number of benzene rings is 1. The molecular formula is C8H4N2S2. The van der Waals surface area contributed by atoms with Crippen LogP contribution >= 0.6 is 23.1 Å². The zero-order valence-corrected chi connectivity index (χ0v) is 7.65. The topological polar surface area (TPSA) is 36.7 Å². The van der Waals surface area contributed by atoms with Gasteiger partial charge >= 0.3 is 0 Å². The molecule has 4 heteroatoms. The molecule has 0 N–H and O–H groups in total. The van der Waals surface area contributed by atoms with Crippen LogP contribution in [0.15, 0.2) is 28.6 Å². The highest BCUT2D eigenvalue weighted by atomic mass is 32.2. The molecule has 0 radical (unpaired) electrons. The number of nitrogens with zero attached hydrogens (tertiary/aromatic N) is 2. The van der Waals surface area contributed by atoms with Crippen LogP contribution in [-0.2, 0) is 0 Å². The standard InChI is InChI=1S/C8H4N2S2/c9-5-11-8-10-6-3-1-2-4-7(6)12-8/h1-4H. The van der Waals surface area contributed by atoms with Gasteiger partial charge in [-0.15, -0.1) is 11.3 Å². The lowest BCUT2D eigenvalue weighted by molar-refractivity contribution is 1.31. The Hall–Kier alpha value is -1.05. The van der Waals surface area contributed by atoms with E-state index in [9.17, 15) is 0 Å². The largest absolute Gasteiger partial charge is 0.229 e. The molecule has 1 heterocycles. The molecule has 1 aromatic carbocycles. The van der Waals surface area contributed by atoms with Crippen molar-refractivity contribution >= 4 is 33.3 Å². The summed E-state index contributed by atoms with van der Waals surface area (Å²) in [6.07, 6.45) is 0. The number of thiazole rings is 1. The summed E-state index contributed by atoms with van der Waals surface area (Å²) in [7, 11) is 0. The molecule has 0 atom stereocenters. The van der Waals surface area contributed by atoms with E-state index in [2.05, 4.69) is 4.98 Å². The van der Waals surface area contributed by atoms with Crippen LogP contribution in [0.1, 0.15) is 0 Å². The van der Waals surface area contributed by atoms with Gasteiger partial charge in [-0.2, -0.15) is 5.26 Å². The predicted molar refractivity (Wildman–Crippen MR) is 51.1 cm³/mol. The number of nitriles is 1. The normalized spacial score (nSPS) is 9.92. The SMILES string of the molecule is N#CSc1nc2ccccc2s1. The van der Waals surface area contributed by atoms with Gasteiger partial charge in [0, 0.05) is 11.8 Å². The number of rotatable bonds is 1. The number of hydrogen-bond acceptors (Lipinski definition) is 4. The highest BCUT2D eigenvalue weighted by Gasteiger charge is 2.01. The van der Waals surface area contributed by atoms with Crippen molar-refractivity contribution in [2.24, 2.45) is 0 Å². The van der Waals surface area contributed by atoms with E-state index in [1.54, 1.807) is 11.3 Å². The van der Waals surface area contributed by atoms with Crippen LogP contribution in [0.4, 0.5) is 0 Å². The minimum absolute atomic E-state index is 0.818. The molecule has 1 aromatic heterocycles. The van der Waals surface area contributed by atoms with Crippen LogP contribution in [0.5, 0.6) is 0 Å². The fraction of sp³-hybridized carbons (Fsp3) is 0. The van der Waals surface area contributed by atoms with E-state index in [0.717, 1.165) is 26.3 Å². The lowest BCUT2D eigenvalue weighted by Crippen LogP contribution is -1.64. The Bertz CT molecular complexity index is 408. The Morgan fingerprint density at radius 1 is 1.42 bits per heavy atom. The number of aromatic nitrogens is 1. The Morgan fingerprint density at radius 2 is 2.25 bits per heavy atom. The van der Waals surface area contributed by atoms with E-state index >= 15 is 0 Å². The van der Waals surface area contributed by atoms with Gasteiger partial charge in [-0.1, -0.05) is 12.1 Å². The lowest BCUT2D eigenvalue weighted by atomic mass is 10.3. The second-order valence-electron chi connectivity index (χ2n) is 2.14. The van der Waals surface area contributed by atoms with Gasteiger partial charge in [0.2, 0.25) is 0 Å². The molecule has 0 saturated carbocycles. The fourth-order valence-corrected chi connectivity index (χ4v) is 2.40. The van der Waals surface area contributed by atoms with Crippen molar-refractivity contribution in [2.75, 3.05) is 0 Å². The minimum Gasteiger partial charge on any atom is -0.229 e. The number of fused-ring (bicyclic) bond motifs is 1. The van der Waals surface area contributed by atoms with Crippen molar-refractivity contribution in [2.45, 2.75) is 4.34 Å². The first kappa shape index (κ1) is 7.59. The average Bonchev–Trinajstić information content (AvgIpc) is 2.47. The Morgan fingerprint density at radius 3 is 3.00 bits per heavy atom. The van der Waals surface area contributed by atoms with Gasteiger partial charge in [-0.3, -0.25) is 0 Å². The molecule has 0 aliphatic carbocycles. The zero-order chi connectivity index (χ0) is 8.39. The molecule has 2 aromatic rings. The van der Waals surface area contributed by atoms with Gasteiger partial charge in [0.25, 0.3) is 0 Å². The molecule has 0 fully saturated rings. The molecule has 2 nitrogen and oxygen atoms in total. The third-order valence-corrected chi connectivity index (χ3v) is 3.10. The van der Waals surface area contributed by atoms with Crippen LogP contribution in [0, 0.1) is 10.7 Å². The van der Waals surface area contributed by atoms with E-state index in [-0.39, 0.29) is 0 Å². The zero-order valence-electron chi connectivity index (χ0n) is 6.02. The van der Waals surface area contributed by atoms with Crippen LogP contribution in [0.3, 0.4) is 0 Å². The first-order valence-corrected chi connectivity index (χ1v) is 4.95. The van der Waals surface area contributed by atoms with E-state index in [0.29, 0.717) is 0 Å². The number of thiocyanates is 1.